The summed E-state index contributed by atoms with van der Waals surface area (Å²) in [7, 11) is 0. The lowest BCUT2D eigenvalue weighted by molar-refractivity contribution is -0.123. The van der Waals surface area contributed by atoms with Gasteiger partial charge in [0.2, 0.25) is 0 Å². The van der Waals surface area contributed by atoms with Gasteiger partial charge in [-0.1, -0.05) is 24.3 Å². The van der Waals surface area contributed by atoms with Crippen LogP contribution in [0.4, 0.5) is 4.39 Å². The SMILES string of the molecule is O=C(COc1ccccc1F)NCCc1nc2ccccc2s1. The van der Waals surface area contributed by atoms with Crippen molar-refractivity contribution in [2.45, 2.75) is 6.42 Å². The van der Waals surface area contributed by atoms with E-state index in [1.807, 2.05) is 24.3 Å². The molecule has 0 fully saturated rings. The third-order valence-corrected chi connectivity index (χ3v) is 4.29. The molecule has 0 saturated heterocycles. The Kier molecular flexibility index (Phi) is 4.83. The van der Waals surface area contributed by atoms with Crippen LogP contribution in [0.3, 0.4) is 0 Å². The van der Waals surface area contributed by atoms with Gasteiger partial charge in [-0.15, -0.1) is 11.3 Å². The van der Waals surface area contributed by atoms with Crippen LogP contribution in [0.5, 0.6) is 5.75 Å². The number of hydrogen-bond acceptors (Lipinski definition) is 4. The highest BCUT2D eigenvalue weighted by molar-refractivity contribution is 7.18. The summed E-state index contributed by atoms with van der Waals surface area (Å²) in [6.07, 6.45) is 0.658. The number of aromatic nitrogens is 1. The van der Waals surface area contributed by atoms with E-state index < -0.39 is 5.82 Å². The first-order chi connectivity index (χ1) is 11.2. The van der Waals surface area contributed by atoms with Crippen LogP contribution in [-0.2, 0) is 11.2 Å². The maximum atomic E-state index is 13.4. The first kappa shape index (κ1) is 15.4. The first-order valence-electron chi connectivity index (χ1n) is 7.21. The number of carbonyl (C=O) groups excluding carboxylic acids is 1. The minimum Gasteiger partial charge on any atom is -0.481 e. The van der Waals surface area contributed by atoms with Gasteiger partial charge in [0.05, 0.1) is 15.2 Å². The molecule has 0 aliphatic rings. The molecule has 1 amide bonds. The largest absolute Gasteiger partial charge is 0.481 e. The Morgan fingerprint density at radius 1 is 1.17 bits per heavy atom. The third kappa shape index (κ3) is 4.04. The number of nitrogens with one attached hydrogen (secondary N) is 1. The molecule has 3 aromatic rings. The Bertz CT molecular complexity index is 786. The zero-order valence-corrected chi connectivity index (χ0v) is 13.1. The Balaban J connectivity index is 1.45. The molecule has 23 heavy (non-hydrogen) atoms. The number of benzene rings is 2. The Hall–Kier alpha value is -2.47. The maximum absolute atomic E-state index is 13.4. The van der Waals surface area contributed by atoms with Gasteiger partial charge in [0.25, 0.3) is 5.91 Å². The summed E-state index contributed by atoms with van der Waals surface area (Å²) in [5, 5.41) is 3.72. The van der Waals surface area contributed by atoms with E-state index in [4.69, 9.17) is 4.74 Å². The molecule has 2 aromatic carbocycles. The van der Waals surface area contributed by atoms with Gasteiger partial charge >= 0.3 is 0 Å². The van der Waals surface area contributed by atoms with Gasteiger partial charge in [-0.2, -0.15) is 0 Å². The number of thiazole rings is 1. The van der Waals surface area contributed by atoms with Crippen molar-refractivity contribution in [2.75, 3.05) is 13.2 Å². The highest BCUT2D eigenvalue weighted by Gasteiger charge is 2.07. The number of hydrogen-bond donors (Lipinski definition) is 1. The van der Waals surface area contributed by atoms with Crippen molar-refractivity contribution in [3.05, 3.63) is 59.4 Å². The molecule has 118 valence electrons. The fraction of sp³-hybridized carbons (Fsp3) is 0.176. The van der Waals surface area contributed by atoms with Gasteiger partial charge in [-0.3, -0.25) is 4.79 Å². The Labute approximate surface area is 136 Å². The van der Waals surface area contributed by atoms with Crippen LogP contribution in [0, 0.1) is 5.82 Å². The van der Waals surface area contributed by atoms with Crippen molar-refractivity contribution >= 4 is 27.5 Å². The summed E-state index contributed by atoms with van der Waals surface area (Å²) < 4.78 is 19.6. The van der Waals surface area contributed by atoms with E-state index in [-0.39, 0.29) is 18.3 Å². The number of fused-ring (bicyclic) bond motifs is 1. The number of rotatable bonds is 6. The molecule has 0 radical (unpaired) electrons. The lowest BCUT2D eigenvalue weighted by atomic mass is 10.3. The molecule has 0 spiro atoms. The normalized spacial score (nSPS) is 10.7. The number of nitrogens with zero attached hydrogens (tertiary/aromatic N) is 1. The van der Waals surface area contributed by atoms with Crippen molar-refractivity contribution in [1.29, 1.82) is 0 Å². The molecule has 0 bridgehead atoms. The molecule has 4 nitrogen and oxygen atoms in total. The van der Waals surface area contributed by atoms with Crippen LogP contribution in [-0.4, -0.2) is 24.0 Å². The molecular formula is C17H15FN2O2S. The summed E-state index contributed by atoms with van der Waals surface area (Å²) in [6.45, 7) is 0.264. The molecule has 0 aliphatic carbocycles. The molecule has 0 atom stereocenters. The van der Waals surface area contributed by atoms with Gasteiger partial charge in [-0.05, 0) is 24.3 Å². The number of ether oxygens (including phenoxy) is 1. The van der Waals surface area contributed by atoms with E-state index in [9.17, 15) is 9.18 Å². The number of para-hydroxylation sites is 2. The maximum Gasteiger partial charge on any atom is 0.257 e. The molecule has 0 aliphatic heterocycles. The predicted molar refractivity (Wildman–Crippen MR) is 88.2 cm³/mol. The number of carbonyl (C=O) groups is 1. The van der Waals surface area contributed by atoms with Crippen molar-refractivity contribution in [2.24, 2.45) is 0 Å². The summed E-state index contributed by atoms with van der Waals surface area (Å²) in [4.78, 5) is 16.2. The molecule has 1 heterocycles. The Morgan fingerprint density at radius 3 is 2.78 bits per heavy atom. The van der Waals surface area contributed by atoms with E-state index in [1.54, 1.807) is 23.5 Å². The van der Waals surface area contributed by atoms with Crippen LogP contribution in [0.15, 0.2) is 48.5 Å². The predicted octanol–water partition coefficient (Wildman–Crippen LogP) is 3.17. The summed E-state index contributed by atoms with van der Waals surface area (Å²) in [6, 6.07) is 13.9. The molecular weight excluding hydrogens is 315 g/mol. The van der Waals surface area contributed by atoms with Crippen LogP contribution >= 0.6 is 11.3 Å². The van der Waals surface area contributed by atoms with Crippen LogP contribution in [0.2, 0.25) is 0 Å². The van der Waals surface area contributed by atoms with E-state index in [0.717, 1.165) is 15.2 Å². The fourth-order valence-corrected chi connectivity index (χ4v) is 3.06. The third-order valence-electron chi connectivity index (χ3n) is 3.19. The van der Waals surface area contributed by atoms with Gasteiger partial charge in [0.15, 0.2) is 18.2 Å². The summed E-state index contributed by atoms with van der Waals surface area (Å²) >= 11 is 1.62. The second kappa shape index (κ2) is 7.19. The minimum atomic E-state index is -0.477. The molecule has 3 rings (SSSR count). The molecule has 0 unspecified atom stereocenters. The molecule has 1 N–H and O–H groups in total. The lowest BCUT2D eigenvalue weighted by Gasteiger charge is -2.07. The van der Waals surface area contributed by atoms with E-state index in [0.29, 0.717) is 13.0 Å². The topological polar surface area (TPSA) is 51.2 Å². The van der Waals surface area contributed by atoms with E-state index in [2.05, 4.69) is 10.3 Å². The fourth-order valence-electron chi connectivity index (χ4n) is 2.09. The minimum absolute atomic E-state index is 0.0776. The van der Waals surface area contributed by atoms with Gasteiger partial charge < -0.3 is 10.1 Å². The average molecular weight is 330 g/mol. The zero-order chi connectivity index (χ0) is 16.1. The van der Waals surface area contributed by atoms with Crippen LogP contribution in [0.1, 0.15) is 5.01 Å². The Morgan fingerprint density at radius 2 is 1.96 bits per heavy atom. The van der Waals surface area contributed by atoms with Crippen molar-refractivity contribution < 1.29 is 13.9 Å². The van der Waals surface area contributed by atoms with Crippen molar-refractivity contribution in [1.82, 2.24) is 10.3 Å². The molecule has 1 aromatic heterocycles. The van der Waals surface area contributed by atoms with E-state index >= 15 is 0 Å². The van der Waals surface area contributed by atoms with Crippen molar-refractivity contribution in [3.63, 3.8) is 0 Å². The number of amides is 1. The summed E-state index contributed by atoms with van der Waals surface area (Å²) in [5.41, 5.74) is 0.974. The first-order valence-corrected chi connectivity index (χ1v) is 8.02. The van der Waals surface area contributed by atoms with Crippen LogP contribution in [0.25, 0.3) is 10.2 Å². The zero-order valence-electron chi connectivity index (χ0n) is 12.3. The van der Waals surface area contributed by atoms with Crippen LogP contribution < -0.4 is 10.1 Å². The highest BCUT2D eigenvalue weighted by atomic mass is 32.1. The monoisotopic (exact) mass is 330 g/mol. The standard InChI is InChI=1S/C17H15FN2O2S/c18-12-5-1-3-7-14(12)22-11-16(21)19-10-9-17-20-13-6-2-4-8-15(13)23-17/h1-8H,9-11H2,(H,19,21). The lowest BCUT2D eigenvalue weighted by Crippen LogP contribution is -2.30. The second-order valence-electron chi connectivity index (χ2n) is 4.89. The van der Waals surface area contributed by atoms with Gasteiger partial charge in [-0.25, -0.2) is 9.37 Å². The van der Waals surface area contributed by atoms with Gasteiger partial charge in [0.1, 0.15) is 0 Å². The number of halogens is 1. The summed E-state index contributed by atoms with van der Waals surface area (Å²) in [5.74, 6) is -0.682. The quantitative estimate of drug-likeness (QED) is 0.755. The average Bonchev–Trinajstić information content (AvgIpc) is 2.97. The highest BCUT2D eigenvalue weighted by Crippen LogP contribution is 2.21. The smallest absolute Gasteiger partial charge is 0.257 e. The van der Waals surface area contributed by atoms with Gasteiger partial charge in [0, 0.05) is 13.0 Å². The molecule has 6 heteroatoms. The van der Waals surface area contributed by atoms with Crippen molar-refractivity contribution in [3.8, 4) is 5.75 Å². The molecule has 0 saturated carbocycles. The second-order valence-corrected chi connectivity index (χ2v) is 6.01. The van der Waals surface area contributed by atoms with E-state index in [1.165, 1.54) is 12.1 Å².